The molecule has 2 aliphatic rings. The smallest absolute Gasteiger partial charge is 0.300 e. The number of piperidine rings is 1. The first-order valence-corrected chi connectivity index (χ1v) is 14.9. The molecule has 0 spiro atoms. The van der Waals surface area contributed by atoms with Crippen molar-refractivity contribution in [3.63, 3.8) is 0 Å². The normalized spacial score (nSPS) is 19.4. The van der Waals surface area contributed by atoms with Crippen LogP contribution in [0, 0.1) is 6.92 Å². The number of nitrogens with two attached hydrogens (primary N) is 1. The van der Waals surface area contributed by atoms with Gasteiger partial charge in [0, 0.05) is 44.7 Å². The third-order valence-corrected chi connectivity index (χ3v) is 7.56. The molecule has 0 radical (unpaired) electrons. The van der Waals surface area contributed by atoms with Gasteiger partial charge in [-0.25, -0.2) is 14.6 Å². The molecule has 44 heavy (non-hydrogen) atoms. The van der Waals surface area contributed by atoms with Crippen molar-refractivity contribution in [2.24, 2.45) is 0 Å². The van der Waals surface area contributed by atoms with Gasteiger partial charge < -0.3 is 26.0 Å². The number of amides is 3. The van der Waals surface area contributed by atoms with Crippen molar-refractivity contribution in [1.29, 1.82) is 0 Å². The summed E-state index contributed by atoms with van der Waals surface area (Å²) in [7, 11) is 0. The molecule has 234 valence electrons. The molecule has 0 aliphatic carbocycles. The average molecular weight is 605 g/mol. The van der Waals surface area contributed by atoms with Crippen LogP contribution in [0.2, 0.25) is 0 Å². The van der Waals surface area contributed by atoms with Gasteiger partial charge in [-0.05, 0) is 56.7 Å². The fourth-order valence-corrected chi connectivity index (χ4v) is 5.58. The van der Waals surface area contributed by atoms with E-state index in [9.17, 15) is 14.4 Å². The standard InChI is InChI=1S/C29H36N8O3.C2H4O2/c1-20-32-27-23(18-21-8-3-2-4-9-21)33-28(39)24-10-5-6-15-36(24)26(38)11-7-14-35(16-17-37(27)34-20)29(40)22-12-13-31-25(30)19-22;1-2(3)4/h2-4,8-9,12-13,19,23-24H,5-7,10-11,14-18H2,1H3,(H2,30,31)(H,33,39);1H3,(H,3,4)/t23-,24+;/m1./s1. The molecule has 2 aliphatic heterocycles. The van der Waals surface area contributed by atoms with Crippen LogP contribution in [0.25, 0.3) is 0 Å². The molecule has 3 amide bonds. The SMILES string of the molecule is CC(=O)O.Cc1nc2n(n1)CCN(C(=O)c1ccnc(N)c1)CCCC(=O)N1CCCC[C@H]1C(=O)N[C@@H]2Cc1ccccc1. The zero-order valence-electron chi connectivity index (χ0n) is 25.2. The Balaban J connectivity index is 0.00000104. The number of benzene rings is 1. The molecule has 4 N–H and O–H groups in total. The summed E-state index contributed by atoms with van der Waals surface area (Å²) in [5.41, 5.74) is 7.34. The Morgan fingerprint density at radius 3 is 2.52 bits per heavy atom. The first-order valence-electron chi connectivity index (χ1n) is 14.9. The summed E-state index contributed by atoms with van der Waals surface area (Å²) in [6, 6.07) is 12.1. The van der Waals surface area contributed by atoms with Crippen molar-refractivity contribution < 1.29 is 24.3 Å². The van der Waals surface area contributed by atoms with Crippen molar-refractivity contribution in [2.45, 2.75) is 71.0 Å². The molecular formula is C31H40N8O5. The highest BCUT2D eigenvalue weighted by Gasteiger charge is 2.34. The van der Waals surface area contributed by atoms with Crippen LogP contribution in [-0.4, -0.2) is 84.0 Å². The number of rotatable bonds is 3. The zero-order valence-corrected chi connectivity index (χ0v) is 25.2. The number of hydrogen-bond donors (Lipinski definition) is 3. The Bertz CT molecular complexity index is 1460. The highest BCUT2D eigenvalue weighted by Crippen LogP contribution is 2.23. The average Bonchev–Trinajstić information content (AvgIpc) is 3.38. The van der Waals surface area contributed by atoms with Gasteiger partial charge >= 0.3 is 0 Å². The van der Waals surface area contributed by atoms with Crippen molar-refractivity contribution >= 4 is 29.5 Å². The molecule has 1 saturated heterocycles. The molecule has 2 atom stereocenters. The lowest BCUT2D eigenvalue weighted by Crippen LogP contribution is -2.53. The topological polar surface area (TPSA) is 177 Å². The molecule has 5 rings (SSSR count). The van der Waals surface area contributed by atoms with Crippen molar-refractivity contribution in [1.82, 2.24) is 34.9 Å². The number of nitrogens with one attached hydrogen (secondary N) is 1. The second-order valence-electron chi connectivity index (χ2n) is 11.0. The van der Waals surface area contributed by atoms with E-state index >= 15 is 0 Å². The van der Waals surface area contributed by atoms with Gasteiger partial charge in [-0.1, -0.05) is 30.3 Å². The van der Waals surface area contributed by atoms with Gasteiger partial charge in [-0.15, -0.1) is 0 Å². The Kier molecular flexibility index (Phi) is 11.0. The molecule has 1 fully saturated rings. The third kappa shape index (κ3) is 8.62. The Morgan fingerprint density at radius 2 is 1.80 bits per heavy atom. The number of hydrogen-bond acceptors (Lipinski definition) is 8. The van der Waals surface area contributed by atoms with E-state index in [1.165, 1.54) is 6.20 Å². The van der Waals surface area contributed by atoms with Crippen LogP contribution in [0.15, 0.2) is 48.7 Å². The second-order valence-corrected chi connectivity index (χ2v) is 11.0. The van der Waals surface area contributed by atoms with E-state index in [0.29, 0.717) is 62.7 Å². The number of anilines is 1. The molecular weight excluding hydrogens is 564 g/mol. The Morgan fingerprint density at radius 1 is 1.05 bits per heavy atom. The maximum absolute atomic E-state index is 13.7. The van der Waals surface area contributed by atoms with Crippen LogP contribution in [0.1, 0.15) is 72.6 Å². The van der Waals surface area contributed by atoms with E-state index in [1.54, 1.807) is 26.6 Å². The molecule has 0 unspecified atom stereocenters. The molecule has 1 aromatic carbocycles. The van der Waals surface area contributed by atoms with Crippen molar-refractivity contribution in [3.8, 4) is 0 Å². The van der Waals surface area contributed by atoms with E-state index in [0.717, 1.165) is 25.3 Å². The van der Waals surface area contributed by atoms with Crippen LogP contribution >= 0.6 is 0 Å². The fraction of sp³-hybridized carbons (Fsp3) is 0.452. The molecule has 13 nitrogen and oxygen atoms in total. The number of aromatic nitrogens is 4. The highest BCUT2D eigenvalue weighted by molar-refractivity contribution is 5.94. The first-order chi connectivity index (χ1) is 21.1. The minimum Gasteiger partial charge on any atom is -0.481 e. The summed E-state index contributed by atoms with van der Waals surface area (Å²) < 4.78 is 1.79. The van der Waals surface area contributed by atoms with Crippen molar-refractivity contribution in [2.75, 3.05) is 25.4 Å². The molecule has 2 aromatic heterocycles. The summed E-state index contributed by atoms with van der Waals surface area (Å²) in [5.74, 6) is 0.244. The van der Waals surface area contributed by atoms with Gasteiger partial charge in [-0.2, -0.15) is 5.10 Å². The first kappa shape index (κ1) is 32.1. The van der Waals surface area contributed by atoms with E-state index in [4.69, 9.17) is 20.6 Å². The number of carboxylic acid groups (broad SMARTS) is 1. The minimum absolute atomic E-state index is 0.0592. The number of carbonyl (C=O) groups is 4. The maximum atomic E-state index is 13.7. The number of carboxylic acids is 1. The van der Waals surface area contributed by atoms with Gasteiger partial charge in [0.2, 0.25) is 11.8 Å². The van der Waals surface area contributed by atoms with Crippen LogP contribution in [0.5, 0.6) is 0 Å². The summed E-state index contributed by atoms with van der Waals surface area (Å²) >= 11 is 0. The summed E-state index contributed by atoms with van der Waals surface area (Å²) in [5, 5.41) is 15.3. The summed E-state index contributed by atoms with van der Waals surface area (Å²) in [6.45, 7) is 4.57. The van der Waals surface area contributed by atoms with Crippen LogP contribution in [-0.2, 0) is 27.3 Å². The van der Waals surface area contributed by atoms with Gasteiger partial charge in [0.15, 0.2) is 0 Å². The number of pyridine rings is 1. The number of nitrogen functional groups attached to an aromatic ring is 1. The predicted octanol–water partition coefficient (Wildman–Crippen LogP) is 2.37. The number of carbonyl (C=O) groups excluding carboxylic acids is 3. The maximum Gasteiger partial charge on any atom is 0.300 e. The largest absolute Gasteiger partial charge is 0.481 e. The monoisotopic (exact) mass is 604 g/mol. The summed E-state index contributed by atoms with van der Waals surface area (Å²) in [4.78, 5) is 61.7. The van der Waals surface area contributed by atoms with Crippen LogP contribution in [0.4, 0.5) is 5.82 Å². The Labute approximate surface area is 256 Å². The van der Waals surface area contributed by atoms with E-state index < -0.39 is 18.1 Å². The van der Waals surface area contributed by atoms with Crippen molar-refractivity contribution in [3.05, 3.63) is 71.4 Å². The lowest BCUT2D eigenvalue weighted by molar-refractivity contribution is -0.142. The van der Waals surface area contributed by atoms with Gasteiger partial charge in [0.05, 0.1) is 12.6 Å². The van der Waals surface area contributed by atoms with Gasteiger partial charge in [0.25, 0.3) is 11.9 Å². The van der Waals surface area contributed by atoms with E-state index in [2.05, 4.69) is 15.4 Å². The van der Waals surface area contributed by atoms with E-state index in [1.807, 2.05) is 37.3 Å². The number of aryl methyl sites for hydroxylation is 1. The molecule has 3 aromatic rings. The van der Waals surface area contributed by atoms with Gasteiger partial charge in [0.1, 0.15) is 23.5 Å². The second kappa shape index (κ2) is 15.1. The quantitative estimate of drug-likeness (QED) is 0.405. The Hall–Kier alpha value is -4.81. The minimum atomic E-state index is -0.833. The number of fused-ring (bicyclic) bond motifs is 2. The predicted molar refractivity (Wildman–Crippen MR) is 162 cm³/mol. The molecule has 13 heteroatoms. The zero-order chi connectivity index (χ0) is 31.6. The van der Waals surface area contributed by atoms with Crippen LogP contribution in [0.3, 0.4) is 0 Å². The lowest BCUT2D eigenvalue weighted by Gasteiger charge is -2.36. The number of aliphatic carboxylic acids is 1. The summed E-state index contributed by atoms with van der Waals surface area (Å²) in [6.07, 6.45) is 5.15. The molecule has 0 saturated carbocycles. The molecule has 4 heterocycles. The van der Waals surface area contributed by atoms with E-state index in [-0.39, 0.29) is 30.0 Å². The molecule has 0 bridgehead atoms. The van der Waals surface area contributed by atoms with Gasteiger partial charge in [-0.3, -0.25) is 19.2 Å². The fourth-order valence-electron chi connectivity index (χ4n) is 5.58. The van der Waals surface area contributed by atoms with Crippen LogP contribution < -0.4 is 11.1 Å². The lowest BCUT2D eigenvalue weighted by atomic mass is 9.99. The number of nitrogens with zero attached hydrogens (tertiary/aromatic N) is 6. The highest BCUT2D eigenvalue weighted by atomic mass is 16.4. The third-order valence-electron chi connectivity index (χ3n) is 7.56.